The minimum Gasteiger partial charge on any atom is -0.378 e. The van der Waals surface area contributed by atoms with Crippen molar-refractivity contribution in [2.75, 3.05) is 46.6 Å². The molecule has 0 aliphatic heterocycles. The summed E-state index contributed by atoms with van der Waals surface area (Å²) in [5, 5.41) is 8.12. The quantitative estimate of drug-likeness (QED) is 0.402. The molecule has 0 unspecified atom stereocenters. The molecule has 1 heterocycles. The summed E-state index contributed by atoms with van der Waals surface area (Å²) >= 11 is 5.96. The molecule has 0 amide bonds. The molecule has 2 aromatic carbocycles. The van der Waals surface area contributed by atoms with Crippen LogP contribution in [0.3, 0.4) is 0 Å². The Morgan fingerprint density at radius 3 is 2.43 bits per heavy atom. The maximum atomic E-state index is 14.2. The molecule has 0 aliphatic carbocycles. The predicted octanol–water partition coefficient (Wildman–Crippen LogP) is 3.82. The van der Waals surface area contributed by atoms with E-state index in [1.165, 1.54) is 0 Å². The third-order valence-electron chi connectivity index (χ3n) is 4.81. The predicted molar refractivity (Wildman–Crippen MR) is 120 cm³/mol. The highest BCUT2D eigenvalue weighted by atomic mass is 35.5. The highest BCUT2D eigenvalue weighted by molar-refractivity contribution is 6.30. The van der Waals surface area contributed by atoms with Crippen molar-refractivity contribution in [2.24, 2.45) is 0 Å². The van der Waals surface area contributed by atoms with Gasteiger partial charge >= 0.3 is 0 Å². The summed E-state index contributed by atoms with van der Waals surface area (Å²) in [4.78, 5) is 0. The third-order valence-corrected chi connectivity index (χ3v) is 5.06. The Bertz CT molecular complexity index is 915. The molecule has 30 heavy (non-hydrogen) atoms. The van der Waals surface area contributed by atoms with E-state index in [-0.39, 0.29) is 5.82 Å². The zero-order chi connectivity index (χ0) is 21.2. The summed E-state index contributed by atoms with van der Waals surface area (Å²) < 4.78 is 27.3. The SMILES string of the molecule is CNCCOCCOCCNCc1cc(F)cc2c1ccn2Cc1ccc(Cl)cc1. The molecule has 0 bridgehead atoms. The normalized spacial score (nSPS) is 11.4. The number of fused-ring (bicyclic) bond motifs is 1. The molecule has 3 rings (SSSR count). The molecular formula is C23H29ClFN3O2. The lowest BCUT2D eigenvalue weighted by Crippen LogP contribution is -2.21. The summed E-state index contributed by atoms with van der Waals surface area (Å²) in [6.07, 6.45) is 2.00. The van der Waals surface area contributed by atoms with Gasteiger partial charge in [-0.25, -0.2) is 4.39 Å². The van der Waals surface area contributed by atoms with Gasteiger partial charge in [-0.15, -0.1) is 0 Å². The first-order chi connectivity index (χ1) is 14.7. The molecule has 2 N–H and O–H groups in total. The smallest absolute Gasteiger partial charge is 0.125 e. The molecule has 1 aromatic heterocycles. The van der Waals surface area contributed by atoms with Crippen LogP contribution < -0.4 is 10.6 Å². The van der Waals surface area contributed by atoms with Crippen LogP contribution in [0.2, 0.25) is 5.02 Å². The fourth-order valence-electron chi connectivity index (χ4n) is 3.27. The largest absolute Gasteiger partial charge is 0.378 e. The lowest BCUT2D eigenvalue weighted by molar-refractivity contribution is 0.0503. The van der Waals surface area contributed by atoms with Crippen LogP contribution in [0.25, 0.3) is 10.9 Å². The Hall–Kier alpha value is -1.96. The molecule has 0 fully saturated rings. The maximum Gasteiger partial charge on any atom is 0.125 e. The van der Waals surface area contributed by atoms with Gasteiger partial charge in [0.2, 0.25) is 0 Å². The topological polar surface area (TPSA) is 47.4 Å². The van der Waals surface area contributed by atoms with Crippen LogP contribution in [0.15, 0.2) is 48.7 Å². The summed E-state index contributed by atoms with van der Waals surface area (Å²) in [5.41, 5.74) is 2.94. The number of ether oxygens (including phenoxy) is 2. The van der Waals surface area contributed by atoms with E-state index in [1.807, 2.05) is 43.6 Å². The van der Waals surface area contributed by atoms with Crippen LogP contribution in [0.4, 0.5) is 4.39 Å². The maximum absolute atomic E-state index is 14.2. The van der Waals surface area contributed by atoms with Crippen molar-refractivity contribution in [1.82, 2.24) is 15.2 Å². The van der Waals surface area contributed by atoms with Crippen LogP contribution in [0.1, 0.15) is 11.1 Å². The Labute approximate surface area is 182 Å². The van der Waals surface area contributed by atoms with E-state index >= 15 is 0 Å². The fraction of sp³-hybridized carbons (Fsp3) is 0.391. The van der Waals surface area contributed by atoms with E-state index in [2.05, 4.69) is 15.2 Å². The number of hydrogen-bond acceptors (Lipinski definition) is 4. The Morgan fingerprint density at radius 2 is 1.70 bits per heavy atom. The van der Waals surface area contributed by atoms with Gasteiger partial charge < -0.3 is 24.7 Å². The van der Waals surface area contributed by atoms with Crippen molar-refractivity contribution in [3.05, 3.63) is 70.6 Å². The highest BCUT2D eigenvalue weighted by Gasteiger charge is 2.09. The Kier molecular flexibility index (Phi) is 9.11. The van der Waals surface area contributed by atoms with Crippen molar-refractivity contribution in [3.63, 3.8) is 0 Å². The number of rotatable bonds is 13. The molecule has 0 spiro atoms. The van der Waals surface area contributed by atoms with Crippen molar-refractivity contribution in [3.8, 4) is 0 Å². The number of aromatic nitrogens is 1. The van der Waals surface area contributed by atoms with Gasteiger partial charge in [-0.3, -0.25) is 0 Å². The lowest BCUT2D eigenvalue weighted by Gasteiger charge is -2.10. The van der Waals surface area contributed by atoms with E-state index < -0.39 is 0 Å². The number of nitrogens with one attached hydrogen (secondary N) is 2. The van der Waals surface area contributed by atoms with Gasteiger partial charge in [0, 0.05) is 42.8 Å². The average Bonchev–Trinajstić information content (AvgIpc) is 3.13. The van der Waals surface area contributed by atoms with Crippen molar-refractivity contribution < 1.29 is 13.9 Å². The van der Waals surface area contributed by atoms with E-state index in [4.69, 9.17) is 21.1 Å². The minimum absolute atomic E-state index is 0.231. The van der Waals surface area contributed by atoms with Crippen molar-refractivity contribution in [1.29, 1.82) is 0 Å². The van der Waals surface area contributed by atoms with Crippen LogP contribution in [-0.2, 0) is 22.6 Å². The van der Waals surface area contributed by atoms with E-state index in [1.54, 1.807) is 12.1 Å². The van der Waals surface area contributed by atoms with Crippen molar-refractivity contribution in [2.45, 2.75) is 13.1 Å². The van der Waals surface area contributed by atoms with E-state index in [0.717, 1.165) is 28.6 Å². The van der Waals surface area contributed by atoms with E-state index in [0.29, 0.717) is 51.1 Å². The Morgan fingerprint density at radius 1 is 0.967 bits per heavy atom. The number of nitrogens with zero attached hydrogens (tertiary/aromatic N) is 1. The van der Waals surface area contributed by atoms with Gasteiger partial charge in [0.15, 0.2) is 0 Å². The van der Waals surface area contributed by atoms with E-state index in [9.17, 15) is 4.39 Å². The molecule has 0 saturated heterocycles. The van der Waals surface area contributed by atoms with Gasteiger partial charge in [0.1, 0.15) is 5.82 Å². The van der Waals surface area contributed by atoms with Gasteiger partial charge in [-0.2, -0.15) is 0 Å². The first-order valence-corrected chi connectivity index (χ1v) is 10.6. The second-order valence-electron chi connectivity index (χ2n) is 7.07. The highest BCUT2D eigenvalue weighted by Crippen LogP contribution is 2.23. The van der Waals surface area contributed by atoms with Gasteiger partial charge in [0.25, 0.3) is 0 Å². The summed E-state index contributed by atoms with van der Waals surface area (Å²) in [6.45, 7) is 5.22. The average molecular weight is 434 g/mol. The monoisotopic (exact) mass is 433 g/mol. The second-order valence-corrected chi connectivity index (χ2v) is 7.51. The van der Waals surface area contributed by atoms with Crippen LogP contribution in [0.5, 0.6) is 0 Å². The van der Waals surface area contributed by atoms with Crippen LogP contribution in [0, 0.1) is 5.82 Å². The zero-order valence-corrected chi connectivity index (χ0v) is 18.1. The Balaban J connectivity index is 1.50. The summed E-state index contributed by atoms with van der Waals surface area (Å²) in [5.74, 6) is -0.231. The molecule has 3 aromatic rings. The molecule has 7 heteroatoms. The molecule has 0 radical (unpaired) electrons. The standard InChI is InChI=1S/C23H29ClFN3O2/c1-26-7-10-29-12-13-30-11-8-27-16-19-14-21(25)15-23-22(19)6-9-28(23)17-18-2-4-20(24)5-3-18/h2-6,9,14-15,26-27H,7-8,10-13,16-17H2,1H3. The second kappa shape index (κ2) is 12.0. The minimum atomic E-state index is -0.231. The molecule has 5 nitrogen and oxygen atoms in total. The zero-order valence-electron chi connectivity index (χ0n) is 17.3. The van der Waals surface area contributed by atoms with Gasteiger partial charge in [-0.1, -0.05) is 23.7 Å². The van der Waals surface area contributed by atoms with Crippen LogP contribution in [-0.4, -0.2) is 51.1 Å². The number of benzene rings is 2. The van der Waals surface area contributed by atoms with Gasteiger partial charge in [0.05, 0.1) is 31.9 Å². The first-order valence-electron chi connectivity index (χ1n) is 10.2. The summed E-state index contributed by atoms with van der Waals surface area (Å²) in [7, 11) is 1.90. The third kappa shape index (κ3) is 6.79. The molecule has 0 saturated carbocycles. The molecule has 0 aliphatic rings. The lowest BCUT2D eigenvalue weighted by atomic mass is 10.1. The van der Waals surface area contributed by atoms with Crippen LogP contribution >= 0.6 is 11.6 Å². The van der Waals surface area contributed by atoms with Gasteiger partial charge in [-0.05, 0) is 48.5 Å². The summed E-state index contributed by atoms with van der Waals surface area (Å²) in [6, 6.07) is 12.9. The number of likely N-dealkylation sites (N-methyl/N-ethyl adjacent to an activating group) is 1. The molecular weight excluding hydrogens is 405 g/mol. The number of hydrogen-bond donors (Lipinski definition) is 2. The van der Waals surface area contributed by atoms with Crippen molar-refractivity contribution >= 4 is 22.5 Å². The molecule has 0 atom stereocenters. The molecule has 162 valence electrons. The number of halogens is 2. The first kappa shape index (κ1) is 22.7. The fourth-order valence-corrected chi connectivity index (χ4v) is 3.39.